The van der Waals surface area contributed by atoms with Gasteiger partial charge in [-0.25, -0.2) is 0 Å². The Morgan fingerprint density at radius 2 is 2.04 bits per heavy atom. The number of rotatable bonds is 3. The van der Waals surface area contributed by atoms with E-state index in [9.17, 15) is 4.79 Å². The lowest BCUT2D eigenvalue weighted by molar-refractivity contribution is 0.0998. The van der Waals surface area contributed by atoms with Crippen molar-refractivity contribution < 1.29 is 13.6 Å². The highest BCUT2D eigenvalue weighted by molar-refractivity contribution is 9.10. The molecule has 0 saturated heterocycles. The summed E-state index contributed by atoms with van der Waals surface area (Å²) in [5, 5.41) is 3.97. The van der Waals surface area contributed by atoms with Crippen LogP contribution in [0.25, 0.3) is 22.6 Å². The summed E-state index contributed by atoms with van der Waals surface area (Å²) in [6, 6.07) is 9.11. The van der Waals surface area contributed by atoms with E-state index in [4.69, 9.17) is 8.83 Å². The quantitative estimate of drug-likeness (QED) is 0.409. The number of nitrogens with one attached hydrogen (secondary N) is 1. The highest BCUT2D eigenvalue weighted by Gasteiger charge is 2.20. The lowest BCUT2D eigenvalue weighted by atomic mass is 10.1. The Morgan fingerprint density at radius 3 is 2.80 bits per heavy atom. The van der Waals surface area contributed by atoms with Crippen LogP contribution in [0.4, 0.5) is 5.13 Å². The summed E-state index contributed by atoms with van der Waals surface area (Å²) in [5.74, 6) is 0.823. The second kappa shape index (κ2) is 6.40. The largest absolute Gasteiger partial charge is 0.451 e. The molecule has 9 heteroatoms. The summed E-state index contributed by atoms with van der Waals surface area (Å²) >= 11 is 7.73. The first-order chi connectivity index (χ1) is 12.0. The van der Waals surface area contributed by atoms with Gasteiger partial charge in [0.2, 0.25) is 11.0 Å². The van der Waals surface area contributed by atoms with E-state index in [1.165, 1.54) is 0 Å². The molecule has 25 heavy (non-hydrogen) atoms. The Balaban J connectivity index is 1.60. The lowest BCUT2D eigenvalue weighted by Crippen LogP contribution is -2.11. The number of amides is 1. The molecular formula is C16H9Br2N3O3S. The van der Waals surface area contributed by atoms with Gasteiger partial charge in [0.1, 0.15) is 5.58 Å². The van der Waals surface area contributed by atoms with Gasteiger partial charge in [-0.15, -0.1) is 0 Å². The van der Waals surface area contributed by atoms with Gasteiger partial charge in [0.15, 0.2) is 16.2 Å². The number of anilines is 1. The molecule has 0 fully saturated rings. The predicted octanol–water partition coefficient (Wildman–Crippen LogP) is 5.63. The number of halogens is 2. The van der Waals surface area contributed by atoms with Crippen molar-refractivity contribution in [2.24, 2.45) is 0 Å². The zero-order valence-corrected chi connectivity index (χ0v) is 16.7. The molecule has 0 atom stereocenters. The summed E-state index contributed by atoms with van der Waals surface area (Å²) in [5.41, 5.74) is 1.43. The summed E-state index contributed by atoms with van der Waals surface area (Å²) in [6.45, 7) is 1.85. The SMILES string of the molecule is Cc1c(C(=O)Nc2nc(-c3ccc(Br)o3)ns2)oc2ccc(Br)cc12. The normalized spacial score (nSPS) is 11.2. The molecule has 0 bridgehead atoms. The Morgan fingerprint density at radius 1 is 1.20 bits per heavy atom. The fourth-order valence-electron chi connectivity index (χ4n) is 2.37. The average molecular weight is 483 g/mol. The standard InChI is InChI=1S/C16H9Br2N3O3S/c1-7-9-6-8(17)2-3-10(9)24-13(7)15(22)20-16-19-14(21-25-16)11-4-5-12(18)23-11/h2-6H,1H3,(H,19,20,21,22). The van der Waals surface area contributed by atoms with Crippen molar-refractivity contribution in [3.05, 3.63) is 50.8 Å². The number of benzene rings is 1. The van der Waals surface area contributed by atoms with Crippen molar-refractivity contribution in [3.8, 4) is 11.6 Å². The third-order valence-corrected chi connectivity index (χ3v) is 5.09. The topological polar surface area (TPSA) is 81.2 Å². The first kappa shape index (κ1) is 16.5. The molecule has 0 aliphatic carbocycles. The van der Waals surface area contributed by atoms with Gasteiger partial charge in [0.05, 0.1) is 0 Å². The van der Waals surface area contributed by atoms with Crippen LogP contribution in [0.5, 0.6) is 0 Å². The van der Waals surface area contributed by atoms with E-state index in [1.54, 1.807) is 12.1 Å². The van der Waals surface area contributed by atoms with Crippen molar-refractivity contribution in [3.63, 3.8) is 0 Å². The zero-order valence-electron chi connectivity index (χ0n) is 12.7. The first-order valence-corrected chi connectivity index (χ1v) is 9.46. The van der Waals surface area contributed by atoms with Gasteiger partial charge in [-0.1, -0.05) is 15.9 Å². The van der Waals surface area contributed by atoms with Gasteiger partial charge < -0.3 is 8.83 Å². The molecule has 3 heterocycles. The second-order valence-electron chi connectivity index (χ2n) is 5.18. The van der Waals surface area contributed by atoms with E-state index in [2.05, 4.69) is 46.5 Å². The maximum atomic E-state index is 12.5. The van der Waals surface area contributed by atoms with Crippen LogP contribution in [0.3, 0.4) is 0 Å². The monoisotopic (exact) mass is 481 g/mol. The molecule has 0 aliphatic heterocycles. The summed E-state index contributed by atoms with van der Waals surface area (Å²) in [7, 11) is 0. The van der Waals surface area contributed by atoms with Crippen molar-refractivity contribution in [1.29, 1.82) is 0 Å². The third kappa shape index (κ3) is 3.14. The van der Waals surface area contributed by atoms with Crippen LogP contribution in [0.2, 0.25) is 0 Å². The van der Waals surface area contributed by atoms with E-state index in [1.807, 2.05) is 25.1 Å². The lowest BCUT2D eigenvalue weighted by Gasteiger charge is -1.98. The van der Waals surface area contributed by atoms with E-state index in [0.717, 1.165) is 27.0 Å². The number of aryl methyl sites for hydroxylation is 1. The number of hydrogen-bond donors (Lipinski definition) is 1. The van der Waals surface area contributed by atoms with Crippen molar-refractivity contribution in [2.45, 2.75) is 6.92 Å². The number of nitrogens with zero attached hydrogens (tertiary/aromatic N) is 2. The number of aromatic nitrogens is 2. The molecule has 0 aliphatic rings. The fraction of sp³-hybridized carbons (Fsp3) is 0.0625. The van der Waals surface area contributed by atoms with Gasteiger partial charge in [-0.3, -0.25) is 10.1 Å². The summed E-state index contributed by atoms with van der Waals surface area (Å²) in [4.78, 5) is 16.8. The second-order valence-corrected chi connectivity index (χ2v) is 7.63. The van der Waals surface area contributed by atoms with Gasteiger partial charge >= 0.3 is 0 Å². The Labute approximate surface area is 162 Å². The maximum Gasteiger partial charge on any atom is 0.293 e. The number of carbonyl (C=O) groups is 1. The van der Waals surface area contributed by atoms with Crippen LogP contribution in [0.15, 0.2) is 48.3 Å². The van der Waals surface area contributed by atoms with Gasteiger partial charge in [0, 0.05) is 27.0 Å². The van der Waals surface area contributed by atoms with Crippen LogP contribution < -0.4 is 5.32 Å². The van der Waals surface area contributed by atoms with Gasteiger partial charge in [-0.2, -0.15) is 9.36 Å². The van der Waals surface area contributed by atoms with Crippen LogP contribution in [-0.2, 0) is 0 Å². The fourth-order valence-corrected chi connectivity index (χ4v) is 3.61. The van der Waals surface area contributed by atoms with Crippen molar-refractivity contribution in [2.75, 3.05) is 5.32 Å². The first-order valence-electron chi connectivity index (χ1n) is 7.10. The van der Waals surface area contributed by atoms with Crippen molar-refractivity contribution >= 4 is 65.4 Å². The molecule has 0 radical (unpaired) electrons. The molecule has 1 aromatic carbocycles. The number of hydrogen-bond acceptors (Lipinski definition) is 6. The maximum absolute atomic E-state index is 12.5. The summed E-state index contributed by atoms with van der Waals surface area (Å²) < 4.78 is 16.8. The molecule has 6 nitrogen and oxygen atoms in total. The smallest absolute Gasteiger partial charge is 0.293 e. The molecule has 0 spiro atoms. The average Bonchev–Trinajstić information content (AvgIpc) is 3.28. The number of furan rings is 2. The minimum absolute atomic E-state index is 0.255. The molecule has 1 amide bonds. The molecule has 3 aromatic heterocycles. The molecule has 0 unspecified atom stereocenters. The molecule has 4 rings (SSSR count). The molecule has 0 saturated carbocycles. The van der Waals surface area contributed by atoms with Crippen molar-refractivity contribution in [1.82, 2.24) is 9.36 Å². The third-order valence-electron chi connectivity index (χ3n) is 3.54. The zero-order chi connectivity index (χ0) is 17.6. The van der Waals surface area contributed by atoms with E-state index in [0.29, 0.717) is 27.0 Å². The highest BCUT2D eigenvalue weighted by Crippen LogP contribution is 2.29. The Bertz CT molecular complexity index is 1100. The van der Waals surface area contributed by atoms with Crippen LogP contribution in [0, 0.1) is 6.92 Å². The highest BCUT2D eigenvalue weighted by atomic mass is 79.9. The van der Waals surface area contributed by atoms with Crippen LogP contribution in [-0.4, -0.2) is 15.3 Å². The molecule has 1 N–H and O–H groups in total. The van der Waals surface area contributed by atoms with Crippen LogP contribution >= 0.6 is 43.4 Å². The van der Waals surface area contributed by atoms with E-state index in [-0.39, 0.29) is 11.7 Å². The van der Waals surface area contributed by atoms with Gasteiger partial charge in [-0.05, 0) is 53.2 Å². The molecule has 126 valence electrons. The van der Waals surface area contributed by atoms with E-state index >= 15 is 0 Å². The van der Waals surface area contributed by atoms with E-state index < -0.39 is 0 Å². The minimum Gasteiger partial charge on any atom is -0.451 e. The molecular weight excluding hydrogens is 474 g/mol. The number of carbonyl (C=O) groups excluding carboxylic acids is 1. The Hall–Kier alpha value is -1.97. The Kier molecular flexibility index (Phi) is 4.22. The van der Waals surface area contributed by atoms with Gasteiger partial charge in [0.25, 0.3) is 5.91 Å². The van der Waals surface area contributed by atoms with Crippen LogP contribution in [0.1, 0.15) is 16.1 Å². The predicted molar refractivity (Wildman–Crippen MR) is 102 cm³/mol. The summed E-state index contributed by atoms with van der Waals surface area (Å²) in [6.07, 6.45) is 0. The number of fused-ring (bicyclic) bond motifs is 1. The minimum atomic E-state index is -0.367. The molecule has 4 aromatic rings.